The molecule has 128 valence electrons. The molecule has 3 rings (SSSR count). The molecule has 0 saturated carbocycles. The van der Waals surface area contributed by atoms with E-state index in [1.54, 1.807) is 26.8 Å². The lowest BCUT2D eigenvalue weighted by atomic mass is 10.1. The Kier molecular flexibility index (Phi) is 4.17. The highest BCUT2D eigenvalue weighted by molar-refractivity contribution is 5.81. The third kappa shape index (κ3) is 3.06. The topological polar surface area (TPSA) is 43.3 Å². The first-order valence-electron chi connectivity index (χ1n) is 7.90. The second-order valence-corrected chi connectivity index (χ2v) is 6.84. The zero-order valence-corrected chi connectivity index (χ0v) is 14.0. The van der Waals surface area contributed by atoms with Crippen molar-refractivity contribution in [3.63, 3.8) is 0 Å². The molecule has 0 fully saturated rings. The van der Waals surface area contributed by atoms with Gasteiger partial charge in [-0.1, -0.05) is 6.07 Å². The predicted molar refractivity (Wildman–Crippen MR) is 86.8 cm³/mol. The highest BCUT2D eigenvalue weighted by Gasteiger charge is 2.28. The van der Waals surface area contributed by atoms with E-state index in [1.165, 1.54) is 22.8 Å². The van der Waals surface area contributed by atoms with Gasteiger partial charge in [0.2, 0.25) is 0 Å². The molecule has 2 heterocycles. The van der Waals surface area contributed by atoms with Crippen molar-refractivity contribution in [2.75, 3.05) is 6.54 Å². The molecule has 0 radical (unpaired) electrons. The van der Waals surface area contributed by atoms with E-state index in [1.807, 2.05) is 0 Å². The van der Waals surface area contributed by atoms with E-state index < -0.39 is 23.3 Å². The van der Waals surface area contributed by atoms with Gasteiger partial charge in [-0.05, 0) is 57.5 Å². The standard InChI is InChI=1S/C18H20F2N2O2/c1-18(2,3)24-17(23)22-14(9-11-7-8-21-10-15(11)22)16-12(19)5-4-6-13(16)20/h4-6,9,21H,7-8,10H2,1-3H3. The van der Waals surface area contributed by atoms with Crippen LogP contribution in [0.15, 0.2) is 24.3 Å². The van der Waals surface area contributed by atoms with Gasteiger partial charge in [-0.15, -0.1) is 0 Å². The van der Waals surface area contributed by atoms with E-state index in [0.29, 0.717) is 18.7 Å². The van der Waals surface area contributed by atoms with Crippen LogP contribution in [0.4, 0.5) is 13.6 Å². The van der Waals surface area contributed by atoms with Crippen molar-refractivity contribution < 1.29 is 18.3 Å². The van der Waals surface area contributed by atoms with Gasteiger partial charge in [0.1, 0.15) is 17.2 Å². The van der Waals surface area contributed by atoms with Gasteiger partial charge in [-0.3, -0.25) is 0 Å². The summed E-state index contributed by atoms with van der Waals surface area (Å²) >= 11 is 0. The Labute approximate surface area is 139 Å². The Bertz CT molecular complexity index is 771. The van der Waals surface area contributed by atoms with Crippen molar-refractivity contribution >= 4 is 6.09 Å². The van der Waals surface area contributed by atoms with Crippen molar-refractivity contribution in [1.82, 2.24) is 9.88 Å². The van der Waals surface area contributed by atoms with Gasteiger partial charge in [0, 0.05) is 12.2 Å². The first kappa shape index (κ1) is 16.6. The molecule has 1 N–H and O–H groups in total. The fourth-order valence-corrected chi connectivity index (χ4v) is 2.88. The van der Waals surface area contributed by atoms with Crippen LogP contribution in [0.2, 0.25) is 0 Å². The van der Waals surface area contributed by atoms with E-state index in [4.69, 9.17) is 4.74 Å². The van der Waals surface area contributed by atoms with Crippen LogP contribution in [-0.4, -0.2) is 22.8 Å². The Hall–Kier alpha value is -2.21. The van der Waals surface area contributed by atoms with Crippen molar-refractivity contribution in [2.24, 2.45) is 0 Å². The summed E-state index contributed by atoms with van der Waals surface area (Å²) in [5.41, 5.74) is 0.859. The van der Waals surface area contributed by atoms with Crippen molar-refractivity contribution in [1.29, 1.82) is 0 Å². The predicted octanol–water partition coefficient (Wildman–Crippen LogP) is 3.86. The van der Waals surface area contributed by atoms with Crippen LogP contribution in [0.25, 0.3) is 11.3 Å². The molecule has 0 spiro atoms. The number of carbonyl (C=O) groups is 1. The van der Waals surface area contributed by atoms with Crippen LogP contribution in [-0.2, 0) is 17.7 Å². The van der Waals surface area contributed by atoms with Gasteiger partial charge in [0.05, 0.1) is 11.3 Å². The third-order valence-corrected chi connectivity index (χ3v) is 3.85. The summed E-state index contributed by atoms with van der Waals surface area (Å²) in [7, 11) is 0. The SMILES string of the molecule is CC(C)(C)OC(=O)n1c(-c2c(F)cccc2F)cc2c1CNCC2. The third-order valence-electron chi connectivity index (χ3n) is 3.85. The Morgan fingerprint density at radius 2 is 1.92 bits per heavy atom. The minimum Gasteiger partial charge on any atom is -0.443 e. The van der Waals surface area contributed by atoms with Gasteiger partial charge < -0.3 is 10.1 Å². The maximum absolute atomic E-state index is 14.3. The summed E-state index contributed by atoms with van der Waals surface area (Å²) in [5, 5.41) is 3.18. The summed E-state index contributed by atoms with van der Waals surface area (Å²) in [4.78, 5) is 12.7. The zero-order chi connectivity index (χ0) is 17.5. The molecule has 4 nitrogen and oxygen atoms in total. The summed E-state index contributed by atoms with van der Waals surface area (Å²) in [6.07, 6.45) is 0.0545. The normalized spacial score (nSPS) is 14.4. The number of fused-ring (bicyclic) bond motifs is 1. The lowest BCUT2D eigenvalue weighted by Gasteiger charge is -2.23. The Morgan fingerprint density at radius 3 is 2.54 bits per heavy atom. The van der Waals surface area contributed by atoms with Crippen LogP contribution in [0.1, 0.15) is 32.0 Å². The first-order valence-corrected chi connectivity index (χ1v) is 7.90. The molecular weight excluding hydrogens is 314 g/mol. The Morgan fingerprint density at radius 1 is 1.25 bits per heavy atom. The highest BCUT2D eigenvalue weighted by atomic mass is 19.1. The molecule has 2 aromatic rings. The van der Waals surface area contributed by atoms with Crippen molar-refractivity contribution in [3.05, 3.63) is 47.2 Å². The maximum atomic E-state index is 14.3. The number of ether oxygens (including phenoxy) is 1. The van der Waals surface area contributed by atoms with Crippen molar-refractivity contribution in [2.45, 2.75) is 39.3 Å². The molecule has 0 bridgehead atoms. The molecule has 0 aliphatic carbocycles. The molecule has 1 aliphatic heterocycles. The largest absolute Gasteiger partial charge is 0.443 e. The second kappa shape index (κ2) is 6.02. The average Bonchev–Trinajstić information content (AvgIpc) is 2.84. The number of halogens is 2. The number of benzene rings is 1. The molecule has 0 amide bonds. The molecule has 1 aliphatic rings. The van der Waals surface area contributed by atoms with E-state index in [-0.39, 0.29) is 11.3 Å². The highest BCUT2D eigenvalue weighted by Crippen LogP contribution is 2.32. The van der Waals surface area contributed by atoms with E-state index >= 15 is 0 Å². The lowest BCUT2D eigenvalue weighted by molar-refractivity contribution is 0.0534. The lowest BCUT2D eigenvalue weighted by Crippen LogP contribution is -2.31. The van der Waals surface area contributed by atoms with Crippen LogP contribution in [0.3, 0.4) is 0 Å². The quantitative estimate of drug-likeness (QED) is 0.861. The van der Waals surface area contributed by atoms with Gasteiger partial charge in [0.25, 0.3) is 0 Å². The van der Waals surface area contributed by atoms with E-state index in [0.717, 1.165) is 12.1 Å². The fourth-order valence-electron chi connectivity index (χ4n) is 2.88. The summed E-state index contributed by atoms with van der Waals surface area (Å²) in [5.74, 6) is -1.41. The van der Waals surface area contributed by atoms with E-state index in [2.05, 4.69) is 5.32 Å². The number of nitrogens with one attached hydrogen (secondary N) is 1. The number of rotatable bonds is 1. The van der Waals surface area contributed by atoms with Crippen molar-refractivity contribution in [3.8, 4) is 11.3 Å². The Balaban J connectivity index is 2.19. The van der Waals surface area contributed by atoms with Gasteiger partial charge in [0.15, 0.2) is 0 Å². The molecular formula is C18H20F2N2O2. The number of aromatic nitrogens is 1. The minimum atomic E-state index is -0.707. The summed E-state index contributed by atoms with van der Waals surface area (Å²) < 4.78 is 35.2. The molecule has 0 unspecified atom stereocenters. The molecule has 1 aromatic heterocycles. The van der Waals surface area contributed by atoms with Crippen LogP contribution < -0.4 is 5.32 Å². The van der Waals surface area contributed by atoms with Gasteiger partial charge in [-0.25, -0.2) is 18.1 Å². The molecule has 0 atom stereocenters. The van der Waals surface area contributed by atoms with Gasteiger partial charge in [-0.2, -0.15) is 0 Å². The maximum Gasteiger partial charge on any atom is 0.419 e. The second-order valence-electron chi connectivity index (χ2n) is 6.84. The number of hydrogen-bond donors (Lipinski definition) is 1. The summed E-state index contributed by atoms with van der Waals surface area (Å²) in [6.45, 7) is 6.46. The van der Waals surface area contributed by atoms with Crippen LogP contribution in [0.5, 0.6) is 0 Å². The molecule has 6 heteroatoms. The monoisotopic (exact) mass is 334 g/mol. The number of hydrogen-bond acceptors (Lipinski definition) is 3. The zero-order valence-electron chi connectivity index (χ0n) is 14.0. The van der Waals surface area contributed by atoms with Crippen LogP contribution in [0, 0.1) is 11.6 Å². The fraction of sp³-hybridized carbons (Fsp3) is 0.389. The average molecular weight is 334 g/mol. The first-order chi connectivity index (χ1) is 11.3. The summed E-state index contributed by atoms with van der Waals surface area (Å²) in [6, 6.07) is 5.35. The molecule has 1 aromatic carbocycles. The molecule has 24 heavy (non-hydrogen) atoms. The molecule has 0 saturated heterocycles. The smallest absolute Gasteiger partial charge is 0.419 e. The number of carbonyl (C=O) groups excluding carboxylic acids is 1. The van der Waals surface area contributed by atoms with Gasteiger partial charge >= 0.3 is 6.09 Å². The minimum absolute atomic E-state index is 0.188. The van der Waals surface area contributed by atoms with E-state index in [9.17, 15) is 13.6 Å². The number of nitrogens with zero attached hydrogens (tertiary/aromatic N) is 1. The van der Waals surface area contributed by atoms with Crippen LogP contribution >= 0.6 is 0 Å².